The van der Waals surface area contributed by atoms with Crippen LogP contribution in [0.4, 0.5) is 0 Å². The van der Waals surface area contributed by atoms with Crippen LogP contribution in [0, 0.1) is 0 Å². The lowest BCUT2D eigenvalue weighted by molar-refractivity contribution is -0.137. The normalized spacial score (nSPS) is 17.4. The van der Waals surface area contributed by atoms with Gasteiger partial charge < -0.3 is 18.0 Å². The summed E-state index contributed by atoms with van der Waals surface area (Å²) in [7, 11) is -6.28. The molecule has 0 unspecified atom stereocenters. The van der Waals surface area contributed by atoms with Crippen molar-refractivity contribution in [3.63, 3.8) is 0 Å². The van der Waals surface area contributed by atoms with Crippen molar-refractivity contribution in [3.05, 3.63) is 59.3 Å². The van der Waals surface area contributed by atoms with Crippen LogP contribution in [-0.2, 0) is 22.8 Å². The minimum Gasteiger partial charge on any atom is -0.463 e. The molecular weight excluding hydrogens is 633 g/mol. The number of hydrogen-bond acceptors (Lipinski definition) is 5. The third-order valence-electron chi connectivity index (χ3n) is 10.1. The van der Waals surface area contributed by atoms with Crippen LogP contribution >= 0.6 is 0 Å². The Morgan fingerprint density at radius 1 is 0.660 bits per heavy atom. The van der Waals surface area contributed by atoms with Crippen molar-refractivity contribution >= 4 is 30.9 Å². The number of carbonyl (C=O) groups excluding carboxylic acids is 1. The molecule has 0 fully saturated rings. The molecule has 0 rings (SSSR count). The van der Waals surface area contributed by atoms with Crippen molar-refractivity contribution in [2.45, 2.75) is 176 Å². The Hall–Kier alpha value is -1.30. The van der Waals surface area contributed by atoms with Crippen molar-refractivity contribution in [2.24, 2.45) is 0 Å². The lowest BCUT2D eigenvalue weighted by Crippen LogP contribution is -2.52. The van der Waals surface area contributed by atoms with Gasteiger partial charge in [0.25, 0.3) is 0 Å². The van der Waals surface area contributed by atoms with E-state index < -0.39 is 25.0 Å². The van der Waals surface area contributed by atoms with Crippen molar-refractivity contribution in [3.8, 4) is 0 Å². The van der Waals surface area contributed by atoms with Crippen LogP contribution < -0.4 is 0 Å². The predicted molar refractivity (Wildman–Crippen MR) is 213 cm³/mol. The van der Waals surface area contributed by atoms with E-state index in [1.165, 1.54) is 6.08 Å². The van der Waals surface area contributed by atoms with Gasteiger partial charge in [0, 0.05) is 12.2 Å². The van der Waals surface area contributed by atoms with Crippen LogP contribution in [-0.4, -0.2) is 55.8 Å². The number of ether oxygens (including phenoxy) is 1. The highest BCUT2D eigenvalue weighted by atomic mass is 28.4. The third kappa shape index (κ3) is 16.3. The summed E-state index contributed by atoms with van der Waals surface area (Å²) in [4.78, 5) is 11.7. The Kier molecular flexibility index (Phi) is 17.6. The van der Waals surface area contributed by atoms with E-state index in [0.717, 1.165) is 23.1 Å². The number of esters is 1. The van der Waals surface area contributed by atoms with Crippen LogP contribution in [0.3, 0.4) is 0 Å². The molecular formula is C39H74O5Si3. The first-order valence-electron chi connectivity index (χ1n) is 17.6. The van der Waals surface area contributed by atoms with E-state index in [9.17, 15) is 4.79 Å². The highest BCUT2D eigenvalue weighted by molar-refractivity contribution is 6.75. The topological polar surface area (TPSA) is 54.0 Å². The molecule has 0 heterocycles. The molecule has 5 nitrogen and oxygen atoms in total. The first-order valence-corrected chi connectivity index (χ1v) is 26.3. The Labute approximate surface area is 294 Å². The second-order valence-electron chi connectivity index (χ2n) is 17.8. The van der Waals surface area contributed by atoms with Gasteiger partial charge in [0.1, 0.15) is 0 Å². The average Bonchev–Trinajstić information content (AvgIpc) is 2.84. The molecule has 0 aromatic heterocycles. The van der Waals surface area contributed by atoms with Gasteiger partial charge in [0.15, 0.2) is 25.0 Å². The summed E-state index contributed by atoms with van der Waals surface area (Å²) in [5.41, 5.74) is 3.20. The summed E-state index contributed by atoms with van der Waals surface area (Å²) in [6.07, 6.45) is 14.4. The van der Waals surface area contributed by atoms with E-state index >= 15 is 0 Å². The van der Waals surface area contributed by atoms with Crippen LogP contribution in [0.1, 0.15) is 103 Å². The van der Waals surface area contributed by atoms with Gasteiger partial charge in [-0.1, -0.05) is 115 Å². The van der Waals surface area contributed by atoms with Crippen LogP contribution in [0.5, 0.6) is 0 Å². The Morgan fingerprint density at radius 2 is 1.13 bits per heavy atom. The fourth-order valence-corrected chi connectivity index (χ4v) is 8.16. The summed E-state index contributed by atoms with van der Waals surface area (Å²) >= 11 is 0. The fraction of sp³-hybridized carbons (Fsp3) is 0.718. The average molecular weight is 707 g/mol. The van der Waals surface area contributed by atoms with Gasteiger partial charge in [-0.2, -0.15) is 0 Å². The molecule has 0 saturated heterocycles. The molecule has 0 radical (unpaired) electrons. The summed E-state index contributed by atoms with van der Waals surface area (Å²) in [6, 6.07) is 0. The lowest BCUT2D eigenvalue weighted by atomic mass is 10.0. The number of hydrogen-bond donors (Lipinski definition) is 0. The van der Waals surface area contributed by atoms with Crippen LogP contribution in [0.15, 0.2) is 59.3 Å². The standard InChI is InChI=1S/C39H74O5Si3/c1-21-41-36(40)26-25-32(4)27-30(2)23-22-24-31(3)28-34(43-46(17,18)38(9,10)11)35(44-47(19,20)39(12,13)14)29-33(5)42-45(15,16)37(6,7)8/h22-28,33-35H,21,29H2,1-20H3/t33-,34-,35-/m0/s1. The summed E-state index contributed by atoms with van der Waals surface area (Å²) < 4.78 is 26.4. The fourth-order valence-electron chi connectivity index (χ4n) is 4.11. The number of allylic oxidation sites excluding steroid dienone is 8. The zero-order chi connectivity index (χ0) is 37.2. The molecule has 0 aliphatic heterocycles. The van der Waals surface area contributed by atoms with E-state index in [0.29, 0.717) is 6.61 Å². The molecule has 0 spiro atoms. The highest BCUT2D eigenvalue weighted by Gasteiger charge is 2.45. The van der Waals surface area contributed by atoms with Gasteiger partial charge in [-0.25, -0.2) is 4.79 Å². The van der Waals surface area contributed by atoms with Crippen LogP contribution in [0.25, 0.3) is 0 Å². The zero-order valence-electron chi connectivity index (χ0n) is 34.2. The molecule has 47 heavy (non-hydrogen) atoms. The van der Waals surface area contributed by atoms with Gasteiger partial charge >= 0.3 is 5.97 Å². The van der Waals surface area contributed by atoms with Crippen molar-refractivity contribution < 1.29 is 22.8 Å². The molecule has 0 aromatic rings. The maximum atomic E-state index is 11.7. The Bertz CT molecular complexity index is 1150. The van der Waals surface area contributed by atoms with E-state index in [2.05, 4.69) is 153 Å². The van der Waals surface area contributed by atoms with Gasteiger partial charge in [0.05, 0.1) is 18.8 Å². The van der Waals surface area contributed by atoms with Gasteiger partial charge in [-0.15, -0.1) is 0 Å². The van der Waals surface area contributed by atoms with Crippen molar-refractivity contribution in [2.75, 3.05) is 6.61 Å². The summed E-state index contributed by atoms with van der Waals surface area (Å²) in [5, 5.41) is 0.250. The lowest BCUT2D eigenvalue weighted by Gasteiger charge is -2.46. The molecule has 0 amide bonds. The summed E-state index contributed by atoms with van der Waals surface area (Å²) in [6.45, 7) is 45.2. The van der Waals surface area contributed by atoms with Crippen molar-refractivity contribution in [1.82, 2.24) is 0 Å². The Morgan fingerprint density at radius 3 is 1.60 bits per heavy atom. The van der Waals surface area contributed by atoms with E-state index in [1.54, 1.807) is 13.0 Å². The second-order valence-corrected chi connectivity index (χ2v) is 32.1. The van der Waals surface area contributed by atoms with E-state index in [-0.39, 0.29) is 39.4 Å². The molecule has 0 N–H and O–H groups in total. The molecule has 0 aliphatic carbocycles. The van der Waals surface area contributed by atoms with Gasteiger partial charge in [-0.05, 0) is 95.4 Å². The summed E-state index contributed by atoms with van der Waals surface area (Å²) in [5.74, 6) is -0.325. The largest absolute Gasteiger partial charge is 0.463 e. The van der Waals surface area contributed by atoms with Crippen molar-refractivity contribution in [1.29, 1.82) is 0 Å². The molecule has 3 atom stereocenters. The van der Waals surface area contributed by atoms with Crippen LogP contribution in [0.2, 0.25) is 54.4 Å². The highest BCUT2D eigenvalue weighted by Crippen LogP contribution is 2.42. The molecule has 0 bridgehead atoms. The SMILES string of the molecule is CCOC(=O)C=CC(C)=CC(C)=CC=CC(C)=C[C@H](O[Si](C)(C)C(C)(C)C)[C@H](C[C@H](C)O[Si](C)(C)C(C)(C)C)O[Si](C)(C)C(C)(C)C. The maximum absolute atomic E-state index is 11.7. The van der Waals surface area contributed by atoms with E-state index in [1.807, 2.05) is 6.92 Å². The number of rotatable bonds is 16. The molecule has 8 heteroatoms. The molecule has 0 saturated carbocycles. The minimum atomic E-state index is -2.16. The molecule has 272 valence electrons. The molecule has 0 aliphatic rings. The first-order chi connectivity index (χ1) is 21.0. The van der Waals surface area contributed by atoms with E-state index in [4.69, 9.17) is 18.0 Å². The van der Waals surface area contributed by atoms with Gasteiger partial charge in [-0.3, -0.25) is 0 Å². The zero-order valence-corrected chi connectivity index (χ0v) is 37.2. The quantitative estimate of drug-likeness (QED) is 0.0692. The smallest absolute Gasteiger partial charge is 0.330 e. The maximum Gasteiger partial charge on any atom is 0.330 e. The minimum absolute atomic E-state index is 0.0407. The number of carbonyl (C=O) groups is 1. The van der Waals surface area contributed by atoms with Gasteiger partial charge in [0.2, 0.25) is 0 Å². The monoisotopic (exact) mass is 706 g/mol. The Balaban J connectivity index is 6.73. The first kappa shape index (κ1) is 45.7. The molecule has 0 aromatic carbocycles. The third-order valence-corrected chi connectivity index (χ3v) is 23.7. The second kappa shape index (κ2) is 18.1. The predicted octanol–water partition coefficient (Wildman–Crippen LogP) is 12.1.